The third-order valence-corrected chi connectivity index (χ3v) is 6.80. The maximum absolute atomic E-state index is 13.0. The van der Waals surface area contributed by atoms with E-state index in [1.165, 1.54) is 11.3 Å². The second-order valence-corrected chi connectivity index (χ2v) is 9.24. The fourth-order valence-corrected chi connectivity index (χ4v) is 5.02. The van der Waals surface area contributed by atoms with E-state index in [9.17, 15) is 9.59 Å². The van der Waals surface area contributed by atoms with Crippen molar-refractivity contribution in [3.63, 3.8) is 0 Å². The number of piperazine rings is 1. The molecular formula is C21H21N5O2S2. The van der Waals surface area contributed by atoms with Gasteiger partial charge < -0.3 is 15.1 Å². The summed E-state index contributed by atoms with van der Waals surface area (Å²) in [6, 6.07) is 11.6. The molecule has 7 nitrogen and oxygen atoms in total. The minimum atomic E-state index is 0.0160. The molecule has 0 bridgehead atoms. The molecule has 1 aliphatic heterocycles. The number of nitrogens with zero attached hydrogens (tertiary/aromatic N) is 4. The van der Waals surface area contributed by atoms with Crippen LogP contribution in [0.2, 0.25) is 0 Å². The maximum Gasteiger partial charge on any atom is 0.254 e. The molecule has 3 heterocycles. The fourth-order valence-electron chi connectivity index (χ4n) is 3.12. The number of aryl methyl sites for hydroxylation is 1. The Kier molecular flexibility index (Phi) is 6.29. The highest BCUT2D eigenvalue weighted by atomic mass is 32.2. The summed E-state index contributed by atoms with van der Waals surface area (Å²) in [5, 5.41) is 3.96. The predicted molar refractivity (Wildman–Crippen MR) is 118 cm³/mol. The molecule has 1 aromatic carbocycles. The van der Waals surface area contributed by atoms with Crippen molar-refractivity contribution in [1.29, 1.82) is 0 Å². The van der Waals surface area contributed by atoms with E-state index in [0.717, 1.165) is 32.0 Å². The van der Waals surface area contributed by atoms with E-state index in [-0.39, 0.29) is 5.91 Å². The zero-order chi connectivity index (χ0) is 20.9. The molecule has 9 heteroatoms. The number of hydrogen-bond donors (Lipinski definition) is 1. The van der Waals surface area contributed by atoms with Gasteiger partial charge in [-0.3, -0.25) is 9.59 Å². The van der Waals surface area contributed by atoms with Crippen LogP contribution >= 0.6 is 23.1 Å². The molecule has 0 aliphatic carbocycles. The van der Waals surface area contributed by atoms with Crippen molar-refractivity contribution in [3.05, 3.63) is 59.9 Å². The predicted octanol–water partition coefficient (Wildman–Crippen LogP) is 3.66. The van der Waals surface area contributed by atoms with Crippen LogP contribution in [0.1, 0.15) is 15.9 Å². The lowest BCUT2D eigenvalue weighted by atomic mass is 10.1. The molecule has 0 saturated carbocycles. The summed E-state index contributed by atoms with van der Waals surface area (Å²) in [6.07, 6.45) is 4.40. The molecule has 154 valence electrons. The Morgan fingerprint density at radius 1 is 1.17 bits per heavy atom. The second kappa shape index (κ2) is 9.27. The summed E-state index contributed by atoms with van der Waals surface area (Å²) in [5.41, 5.74) is 1.65. The van der Waals surface area contributed by atoms with Crippen LogP contribution in [0.4, 0.5) is 10.9 Å². The highest BCUT2D eigenvalue weighted by Crippen LogP contribution is 2.35. The minimum absolute atomic E-state index is 0.0160. The van der Waals surface area contributed by atoms with E-state index < -0.39 is 0 Å². The first kappa shape index (κ1) is 20.4. The molecule has 2 amide bonds. The molecule has 30 heavy (non-hydrogen) atoms. The quantitative estimate of drug-likeness (QED) is 0.591. The molecule has 1 saturated heterocycles. The third kappa shape index (κ3) is 4.80. The van der Waals surface area contributed by atoms with E-state index in [0.29, 0.717) is 31.7 Å². The number of benzene rings is 1. The van der Waals surface area contributed by atoms with E-state index in [1.54, 1.807) is 22.9 Å². The summed E-state index contributed by atoms with van der Waals surface area (Å²) in [4.78, 5) is 37.1. The van der Waals surface area contributed by atoms with E-state index in [4.69, 9.17) is 0 Å². The van der Waals surface area contributed by atoms with Crippen molar-refractivity contribution in [2.75, 3.05) is 31.5 Å². The first-order chi connectivity index (χ1) is 14.6. The number of aromatic nitrogens is 2. The van der Waals surface area contributed by atoms with Crippen LogP contribution in [0.3, 0.4) is 0 Å². The van der Waals surface area contributed by atoms with Crippen LogP contribution in [0, 0.1) is 6.92 Å². The van der Waals surface area contributed by atoms with Crippen molar-refractivity contribution in [2.45, 2.75) is 16.0 Å². The smallest absolute Gasteiger partial charge is 0.254 e. The first-order valence-corrected chi connectivity index (χ1v) is 11.2. The fraction of sp³-hybridized carbons (Fsp3) is 0.238. The Balaban J connectivity index is 1.44. The summed E-state index contributed by atoms with van der Waals surface area (Å²) in [7, 11) is 0. The zero-order valence-corrected chi connectivity index (χ0v) is 18.1. The molecule has 1 fully saturated rings. The molecule has 3 aromatic rings. The SMILES string of the molecule is Cc1ccc(Sc2cnc(Nc3ccccn3)s2)cc1C(=O)N1CCN(C=O)CC1. The number of amides is 2. The number of hydrogen-bond acceptors (Lipinski definition) is 7. The van der Waals surface area contributed by atoms with Gasteiger partial charge in [0.25, 0.3) is 5.91 Å². The normalized spacial score (nSPS) is 13.9. The Morgan fingerprint density at radius 2 is 2.00 bits per heavy atom. The number of thiazole rings is 1. The highest BCUT2D eigenvalue weighted by Gasteiger charge is 2.22. The van der Waals surface area contributed by atoms with Gasteiger partial charge in [0.2, 0.25) is 6.41 Å². The van der Waals surface area contributed by atoms with Crippen LogP contribution < -0.4 is 5.32 Å². The Hall–Kier alpha value is -2.91. The maximum atomic E-state index is 13.0. The first-order valence-electron chi connectivity index (χ1n) is 9.53. The van der Waals surface area contributed by atoms with Gasteiger partial charge in [0, 0.05) is 42.8 Å². The largest absolute Gasteiger partial charge is 0.342 e. The van der Waals surface area contributed by atoms with Gasteiger partial charge in [-0.05, 0) is 36.8 Å². The lowest BCUT2D eigenvalue weighted by Gasteiger charge is -2.33. The molecule has 1 aliphatic rings. The Bertz CT molecular complexity index is 1030. The lowest BCUT2D eigenvalue weighted by Crippen LogP contribution is -2.48. The standard InChI is InChI=1S/C21H21N5O2S2/c1-15-5-6-16(12-17(15)20(28)26-10-8-25(14-27)9-11-26)29-19-13-23-21(30-19)24-18-4-2-3-7-22-18/h2-7,12-14H,8-11H2,1H3,(H,22,23,24). The van der Waals surface area contributed by atoms with E-state index >= 15 is 0 Å². The van der Waals surface area contributed by atoms with Gasteiger partial charge in [0.05, 0.1) is 10.4 Å². The molecular weight excluding hydrogens is 418 g/mol. The molecule has 1 N–H and O–H groups in total. The molecule has 0 spiro atoms. The van der Waals surface area contributed by atoms with Crippen molar-refractivity contribution in [3.8, 4) is 0 Å². The summed E-state index contributed by atoms with van der Waals surface area (Å²) >= 11 is 3.12. The van der Waals surface area contributed by atoms with Crippen LogP contribution in [0.15, 0.2) is 57.9 Å². The number of pyridine rings is 1. The minimum Gasteiger partial charge on any atom is -0.342 e. The van der Waals surface area contributed by atoms with Gasteiger partial charge in [-0.15, -0.1) is 0 Å². The van der Waals surface area contributed by atoms with Gasteiger partial charge in [-0.1, -0.05) is 35.2 Å². The average Bonchev–Trinajstić information content (AvgIpc) is 3.22. The number of carbonyl (C=O) groups excluding carboxylic acids is 2. The molecule has 0 atom stereocenters. The van der Waals surface area contributed by atoms with Gasteiger partial charge in [0.1, 0.15) is 5.82 Å². The van der Waals surface area contributed by atoms with Crippen LogP contribution in [0.25, 0.3) is 0 Å². The van der Waals surface area contributed by atoms with Crippen molar-refractivity contribution < 1.29 is 9.59 Å². The highest BCUT2D eigenvalue weighted by molar-refractivity contribution is 8.01. The number of rotatable bonds is 6. The topological polar surface area (TPSA) is 78.4 Å². The summed E-state index contributed by atoms with van der Waals surface area (Å²) in [5.74, 6) is 0.767. The van der Waals surface area contributed by atoms with Crippen molar-refractivity contribution >= 4 is 46.4 Å². The number of carbonyl (C=O) groups is 2. The summed E-state index contributed by atoms with van der Waals surface area (Å²) < 4.78 is 1.02. The van der Waals surface area contributed by atoms with Crippen LogP contribution in [-0.4, -0.2) is 58.3 Å². The number of anilines is 2. The van der Waals surface area contributed by atoms with Crippen LogP contribution in [0.5, 0.6) is 0 Å². The average molecular weight is 440 g/mol. The Morgan fingerprint density at radius 3 is 2.73 bits per heavy atom. The Labute approximate surface area is 183 Å². The molecule has 0 unspecified atom stereocenters. The van der Waals surface area contributed by atoms with Gasteiger partial charge in [0.15, 0.2) is 5.13 Å². The third-order valence-electron chi connectivity index (χ3n) is 4.79. The second-order valence-electron chi connectivity index (χ2n) is 6.84. The number of nitrogens with one attached hydrogen (secondary N) is 1. The van der Waals surface area contributed by atoms with Gasteiger partial charge >= 0.3 is 0 Å². The van der Waals surface area contributed by atoms with Gasteiger partial charge in [-0.2, -0.15) is 0 Å². The summed E-state index contributed by atoms with van der Waals surface area (Å²) in [6.45, 7) is 4.23. The molecule has 0 radical (unpaired) electrons. The van der Waals surface area contributed by atoms with Gasteiger partial charge in [-0.25, -0.2) is 9.97 Å². The van der Waals surface area contributed by atoms with E-state index in [1.807, 2.05) is 54.4 Å². The zero-order valence-electron chi connectivity index (χ0n) is 16.4. The van der Waals surface area contributed by atoms with E-state index in [2.05, 4.69) is 15.3 Å². The van der Waals surface area contributed by atoms with Crippen LogP contribution in [-0.2, 0) is 4.79 Å². The van der Waals surface area contributed by atoms with Crippen molar-refractivity contribution in [1.82, 2.24) is 19.8 Å². The molecule has 2 aromatic heterocycles. The van der Waals surface area contributed by atoms with Crippen molar-refractivity contribution in [2.24, 2.45) is 0 Å². The lowest BCUT2D eigenvalue weighted by molar-refractivity contribution is -0.119. The molecule has 4 rings (SSSR count). The monoisotopic (exact) mass is 439 g/mol.